The van der Waals surface area contributed by atoms with E-state index in [1.54, 1.807) is 6.07 Å². The highest BCUT2D eigenvalue weighted by Gasteiger charge is 2.09. The van der Waals surface area contributed by atoms with Gasteiger partial charge in [0.1, 0.15) is 0 Å². The Kier molecular flexibility index (Phi) is 3.46. The van der Waals surface area contributed by atoms with Crippen molar-refractivity contribution in [1.82, 2.24) is 0 Å². The molecule has 19 heavy (non-hydrogen) atoms. The van der Waals surface area contributed by atoms with E-state index < -0.39 is 11.6 Å². The number of Topliss-reactive ketones (excluding diaryl/α,β-unsaturated/α-hetero) is 1. The van der Waals surface area contributed by atoms with E-state index in [1.807, 2.05) is 0 Å². The Bertz CT molecular complexity index is 641. The number of carbonyl (C=O) groups excluding carboxylic acids is 1. The molecule has 2 aromatic rings. The van der Waals surface area contributed by atoms with Gasteiger partial charge in [0.25, 0.3) is 0 Å². The van der Waals surface area contributed by atoms with Gasteiger partial charge in [-0.1, -0.05) is 6.07 Å². The molecule has 98 valence electrons. The number of hydrogen-bond donors (Lipinski definition) is 2. The molecule has 3 N–H and O–H groups in total. The summed E-state index contributed by atoms with van der Waals surface area (Å²) in [4.78, 5) is 11.2. The minimum atomic E-state index is -0.961. The lowest BCUT2D eigenvalue weighted by atomic mass is 10.1. The van der Waals surface area contributed by atoms with Gasteiger partial charge >= 0.3 is 0 Å². The van der Waals surface area contributed by atoms with Crippen molar-refractivity contribution in [2.75, 3.05) is 11.1 Å². The van der Waals surface area contributed by atoms with Crippen LogP contribution in [0.3, 0.4) is 0 Å². The monoisotopic (exact) mass is 262 g/mol. The first-order valence-corrected chi connectivity index (χ1v) is 5.60. The number of rotatable bonds is 3. The molecule has 0 saturated carbocycles. The van der Waals surface area contributed by atoms with Gasteiger partial charge in [-0.25, -0.2) is 8.78 Å². The summed E-state index contributed by atoms with van der Waals surface area (Å²) in [5.41, 5.74) is 6.88. The van der Waals surface area contributed by atoms with Crippen molar-refractivity contribution in [3.63, 3.8) is 0 Å². The third kappa shape index (κ3) is 2.70. The maximum absolute atomic E-state index is 13.5. The number of carbonyl (C=O) groups is 1. The molecule has 0 radical (unpaired) electrons. The molecular weight excluding hydrogens is 250 g/mol. The van der Waals surface area contributed by atoms with E-state index in [1.165, 1.54) is 31.2 Å². The van der Waals surface area contributed by atoms with E-state index >= 15 is 0 Å². The molecule has 0 aliphatic rings. The molecule has 0 bridgehead atoms. The maximum atomic E-state index is 13.5. The van der Waals surface area contributed by atoms with Crippen molar-refractivity contribution in [1.29, 1.82) is 0 Å². The number of nitrogen functional groups attached to an aromatic ring is 1. The Labute approximate surface area is 109 Å². The summed E-state index contributed by atoms with van der Waals surface area (Å²) >= 11 is 0. The molecule has 2 rings (SSSR count). The van der Waals surface area contributed by atoms with Crippen LogP contribution in [0.25, 0.3) is 0 Å². The van der Waals surface area contributed by atoms with Gasteiger partial charge in [-0.05, 0) is 37.3 Å². The Balaban J connectivity index is 2.32. The number of anilines is 3. The Hall–Kier alpha value is -2.43. The summed E-state index contributed by atoms with van der Waals surface area (Å²) in [6.45, 7) is 1.41. The number of nitrogens with one attached hydrogen (secondary N) is 1. The molecule has 5 heteroatoms. The molecular formula is C14H12F2N2O. The van der Waals surface area contributed by atoms with Crippen molar-refractivity contribution < 1.29 is 13.6 Å². The third-order valence-electron chi connectivity index (χ3n) is 2.66. The summed E-state index contributed by atoms with van der Waals surface area (Å²) in [6.07, 6.45) is 0. The summed E-state index contributed by atoms with van der Waals surface area (Å²) < 4.78 is 26.5. The lowest BCUT2D eigenvalue weighted by molar-refractivity contribution is 0.101. The maximum Gasteiger partial charge on any atom is 0.182 e. The lowest BCUT2D eigenvalue weighted by Gasteiger charge is -2.10. The summed E-state index contributed by atoms with van der Waals surface area (Å²) in [5.74, 6) is -2.05. The van der Waals surface area contributed by atoms with Gasteiger partial charge in [-0.2, -0.15) is 0 Å². The summed E-state index contributed by atoms with van der Waals surface area (Å²) in [5, 5.41) is 2.71. The molecule has 0 heterocycles. The fourth-order valence-electron chi connectivity index (χ4n) is 1.72. The fraction of sp³-hybridized carbons (Fsp3) is 0.0714. The minimum Gasteiger partial charge on any atom is -0.398 e. The van der Waals surface area contributed by atoms with Crippen LogP contribution in [0.4, 0.5) is 25.8 Å². The SMILES string of the molecule is CC(=O)c1ccc(Nc2cccc(F)c2F)cc1N. The van der Waals surface area contributed by atoms with Crippen LogP contribution in [0.2, 0.25) is 0 Å². The highest BCUT2D eigenvalue weighted by Crippen LogP contribution is 2.24. The van der Waals surface area contributed by atoms with Gasteiger partial charge in [0.2, 0.25) is 0 Å². The van der Waals surface area contributed by atoms with Crippen LogP contribution in [0.5, 0.6) is 0 Å². The molecule has 0 amide bonds. The molecule has 0 unspecified atom stereocenters. The van der Waals surface area contributed by atoms with E-state index in [0.29, 0.717) is 11.3 Å². The van der Waals surface area contributed by atoms with Crippen LogP contribution in [-0.4, -0.2) is 5.78 Å². The van der Waals surface area contributed by atoms with Crippen molar-refractivity contribution in [2.45, 2.75) is 6.92 Å². The Morgan fingerprint density at radius 1 is 1.21 bits per heavy atom. The van der Waals surface area contributed by atoms with Crippen LogP contribution in [-0.2, 0) is 0 Å². The van der Waals surface area contributed by atoms with Gasteiger partial charge in [-0.15, -0.1) is 0 Å². The first-order valence-electron chi connectivity index (χ1n) is 5.60. The molecule has 0 fully saturated rings. The third-order valence-corrected chi connectivity index (χ3v) is 2.66. The molecule has 2 aromatic carbocycles. The van der Waals surface area contributed by atoms with E-state index in [9.17, 15) is 13.6 Å². The predicted octanol–water partition coefficient (Wildman–Crippen LogP) is 3.49. The lowest BCUT2D eigenvalue weighted by Crippen LogP contribution is -2.01. The minimum absolute atomic E-state index is 0.00924. The number of nitrogens with two attached hydrogens (primary N) is 1. The number of halogens is 2. The second-order valence-electron chi connectivity index (χ2n) is 4.08. The second kappa shape index (κ2) is 5.06. The first-order chi connectivity index (χ1) is 8.99. The van der Waals surface area contributed by atoms with Gasteiger partial charge < -0.3 is 11.1 Å². The number of hydrogen-bond acceptors (Lipinski definition) is 3. The predicted molar refractivity (Wildman–Crippen MR) is 70.5 cm³/mol. The van der Waals surface area contributed by atoms with Crippen LogP contribution >= 0.6 is 0 Å². The van der Waals surface area contributed by atoms with Crippen molar-refractivity contribution in [3.8, 4) is 0 Å². The zero-order valence-electron chi connectivity index (χ0n) is 10.2. The number of benzene rings is 2. The Morgan fingerprint density at radius 2 is 1.95 bits per heavy atom. The average Bonchev–Trinajstić information content (AvgIpc) is 2.34. The number of ketones is 1. The quantitative estimate of drug-likeness (QED) is 0.657. The van der Waals surface area contributed by atoms with Gasteiger partial charge in [0.15, 0.2) is 17.4 Å². The van der Waals surface area contributed by atoms with E-state index in [-0.39, 0.29) is 17.2 Å². The zero-order chi connectivity index (χ0) is 14.0. The molecule has 0 aromatic heterocycles. The summed E-state index contributed by atoms with van der Waals surface area (Å²) in [6, 6.07) is 8.46. The van der Waals surface area contributed by atoms with E-state index in [2.05, 4.69) is 5.32 Å². The molecule has 0 atom stereocenters. The Morgan fingerprint density at radius 3 is 2.58 bits per heavy atom. The van der Waals surface area contributed by atoms with Crippen molar-refractivity contribution in [2.24, 2.45) is 0 Å². The topological polar surface area (TPSA) is 55.1 Å². The van der Waals surface area contributed by atoms with E-state index in [0.717, 1.165) is 6.07 Å². The largest absolute Gasteiger partial charge is 0.398 e. The highest BCUT2D eigenvalue weighted by molar-refractivity contribution is 5.99. The van der Waals surface area contributed by atoms with Crippen molar-refractivity contribution >= 4 is 22.8 Å². The standard InChI is InChI=1S/C14H12F2N2O/c1-8(19)10-6-5-9(7-12(10)17)18-13-4-2-3-11(15)14(13)16/h2-7,18H,17H2,1H3. The smallest absolute Gasteiger partial charge is 0.182 e. The molecule has 3 nitrogen and oxygen atoms in total. The van der Waals surface area contributed by atoms with Gasteiger partial charge in [0.05, 0.1) is 5.69 Å². The normalized spacial score (nSPS) is 10.3. The molecule has 0 spiro atoms. The zero-order valence-corrected chi connectivity index (χ0v) is 10.2. The van der Waals surface area contributed by atoms with Gasteiger partial charge in [-0.3, -0.25) is 4.79 Å². The van der Waals surface area contributed by atoms with Crippen LogP contribution in [0, 0.1) is 11.6 Å². The van der Waals surface area contributed by atoms with Crippen LogP contribution in [0.1, 0.15) is 17.3 Å². The average molecular weight is 262 g/mol. The van der Waals surface area contributed by atoms with Gasteiger partial charge in [0, 0.05) is 16.9 Å². The van der Waals surface area contributed by atoms with Crippen LogP contribution in [0.15, 0.2) is 36.4 Å². The first kappa shape index (κ1) is 13.0. The molecule has 0 aliphatic carbocycles. The van der Waals surface area contributed by atoms with E-state index in [4.69, 9.17) is 5.73 Å². The highest BCUT2D eigenvalue weighted by atomic mass is 19.2. The summed E-state index contributed by atoms with van der Waals surface area (Å²) in [7, 11) is 0. The molecule has 0 aliphatic heterocycles. The van der Waals surface area contributed by atoms with Crippen molar-refractivity contribution in [3.05, 3.63) is 53.6 Å². The molecule has 0 saturated heterocycles. The fourth-order valence-corrected chi connectivity index (χ4v) is 1.72. The van der Waals surface area contributed by atoms with Crippen LogP contribution < -0.4 is 11.1 Å². The second-order valence-corrected chi connectivity index (χ2v) is 4.08.